The normalized spacial score (nSPS) is 14.8. The minimum Gasteiger partial charge on any atom is -0.465 e. The molecule has 5 rings (SSSR count). The van der Waals surface area contributed by atoms with E-state index in [0.29, 0.717) is 37.1 Å². The van der Waals surface area contributed by atoms with Crippen molar-refractivity contribution in [2.75, 3.05) is 19.7 Å². The molecule has 1 aliphatic rings. The highest BCUT2D eigenvalue weighted by atomic mass is 19.1. The maximum atomic E-state index is 15.5. The Morgan fingerprint density at radius 3 is 2.54 bits per heavy atom. The third-order valence-corrected chi connectivity index (χ3v) is 7.05. The lowest BCUT2D eigenvalue weighted by molar-refractivity contribution is -0.143. The lowest BCUT2D eigenvalue weighted by Gasteiger charge is -2.33. The number of hydrogen-bond acceptors (Lipinski definition) is 6. The number of rotatable bonds is 5. The Kier molecular flexibility index (Phi) is 7.05. The molecule has 0 saturated carbocycles. The molecule has 2 aromatic carbocycles. The third kappa shape index (κ3) is 5.32. The molecule has 9 nitrogen and oxygen atoms in total. The highest BCUT2D eigenvalue weighted by molar-refractivity contribution is 5.99. The Balaban J connectivity index is 1.57. The number of aromatic nitrogens is 4. The van der Waals surface area contributed by atoms with Crippen molar-refractivity contribution in [3.8, 4) is 11.1 Å². The second kappa shape index (κ2) is 10.3. The predicted octanol–water partition coefficient (Wildman–Crippen LogP) is 5.41. The molecule has 1 amide bonds. The molecule has 0 atom stereocenters. The van der Waals surface area contributed by atoms with Crippen molar-refractivity contribution in [2.45, 2.75) is 58.6 Å². The summed E-state index contributed by atoms with van der Waals surface area (Å²) in [5.74, 6) is -0.729. The Morgan fingerprint density at radius 1 is 1.10 bits per heavy atom. The van der Waals surface area contributed by atoms with E-state index in [-0.39, 0.29) is 36.9 Å². The van der Waals surface area contributed by atoms with Crippen LogP contribution in [0.25, 0.3) is 32.9 Å². The minimum atomic E-state index is -0.566. The quantitative estimate of drug-likeness (QED) is 0.318. The molecule has 0 N–H and O–H groups in total. The fraction of sp³-hybridized carbons (Fsp3) is 0.448. The molecule has 39 heavy (non-hydrogen) atoms. The third-order valence-electron chi connectivity index (χ3n) is 7.05. The second-order valence-electron chi connectivity index (χ2n) is 10.9. The van der Waals surface area contributed by atoms with Gasteiger partial charge in [0, 0.05) is 42.4 Å². The van der Waals surface area contributed by atoms with Crippen LogP contribution >= 0.6 is 0 Å². The fourth-order valence-corrected chi connectivity index (χ4v) is 5.26. The first-order valence-electron chi connectivity index (χ1n) is 13.3. The summed E-state index contributed by atoms with van der Waals surface area (Å²) in [5.41, 5.74) is 2.92. The van der Waals surface area contributed by atoms with Gasteiger partial charge in [0.25, 0.3) is 0 Å². The van der Waals surface area contributed by atoms with Crippen molar-refractivity contribution in [1.82, 2.24) is 24.5 Å². The number of halogens is 1. The zero-order valence-corrected chi connectivity index (χ0v) is 23.0. The summed E-state index contributed by atoms with van der Waals surface area (Å²) in [7, 11) is 1.83. The van der Waals surface area contributed by atoms with Gasteiger partial charge in [-0.25, -0.2) is 9.18 Å². The molecule has 10 heteroatoms. The molecular formula is C29H34FN5O4. The molecule has 2 aromatic heterocycles. The number of esters is 1. The Bertz CT molecular complexity index is 1540. The van der Waals surface area contributed by atoms with E-state index >= 15 is 4.39 Å². The maximum absolute atomic E-state index is 15.5. The average molecular weight is 536 g/mol. The molecule has 0 spiro atoms. The smallest absolute Gasteiger partial charge is 0.410 e. The summed E-state index contributed by atoms with van der Waals surface area (Å²) in [6, 6.07) is 8.94. The molecule has 0 unspecified atom stereocenters. The van der Waals surface area contributed by atoms with Gasteiger partial charge in [-0.2, -0.15) is 10.2 Å². The number of hydrogen-bond donors (Lipinski definition) is 0. The largest absolute Gasteiger partial charge is 0.465 e. The molecular weight excluding hydrogens is 501 g/mol. The average Bonchev–Trinajstić information content (AvgIpc) is 3.43. The fourth-order valence-electron chi connectivity index (χ4n) is 5.26. The van der Waals surface area contributed by atoms with Crippen molar-refractivity contribution < 1.29 is 23.5 Å². The summed E-state index contributed by atoms with van der Waals surface area (Å²) in [6.45, 7) is 8.57. The van der Waals surface area contributed by atoms with Crippen LogP contribution in [0.4, 0.5) is 9.18 Å². The Morgan fingerprint density at radius 2 is 1.85 bits per heavy atom. The van der Waals surface area contributed by atoms with E-state index in [4.69, 9.17) is 14.6 Å². The summed E-state index contributed by atoms with van der Waals surface area (Å²) < 4.78 is 29.6. The SMILES string of the molecule is CCOC(=O)Cn1nc(C2CCN(C(=O)OC(C)(C)C)CC2)c2c(-c3cc4c(cnn4C)cc3F)cccc21. The highest BCUT2D eigenvalue weighted by Crippen LogP contribution is 2.40. The van der Waals surface area contributed by atoms with Crippen molar-refractivity contribution >= 4 is 33.9 Å². The van der Waals surface area contributed by atoms with Crippen LogP contribution in [-0.2, 0) is 27.9 Å². The van der Waals surface area contributed by atoms with Crippen molar-refractivity contribution in [3.63, 3.8) is 0 Å². The summed E-state index contributed by atoms with van der Waals surface area (Å²) in [6.07, 6.45) is 2.65. The number of nitrogens with zero attached hydrogens (tertiary/aromatic N) is 5. The topological polar surface area (TPSA) is 91.5 Å². The van der Waals surface area contributed by atoms with Gasteiger partial charge in [0.05, 0.1) is 29.5 Å². The lowest BCUT2D eigenvalue weighted by Crippen LogP contribution is -2.41. The van der Waals surface area contributed by atoms with Gasteiger partial charge in [-0.15, -0.1) is 0 Å². The number of ether oxygens (including phenoxy) is 2. The van der Waals surface area contributed by atoms with E-state index in [2.05, 4.69) is 5.10 Å². The first kappa shape index (κ1) is 26.6. The summed E-state index contributed by atoms with van der Waals surface area (Å²) in [4.78, 5) is 26.8. The van der Waals surface area contributed by atoms with Gasteiger partial charge in [0.1, 0.15) is 18.0 Å². The lowest BCUT2D eigenvalue weighted by atomic mass is 9.89. The Hall–Kier alpha value is -3.95. The van der Waals surface area contributed by atoms with Gasteiger partial charge >= 0.3 is 12.1 Å². The molecule has 3 heterocycles. The first-order chi connectivity index (χ1) is 18.6. The Labute approximate surface area is 226 Å². The molecule has 0 aliphatic carbocycles. The summed E-state index contributed by atoms with van der Waals surface area (Å²) in [5, 5.41) is 10.7. The first-order valence-corrected chi connectivity index (χ1v) is 13.3. The van der Waals surface area contributed by atoms with Crippen molar-refractivity contribution in [1.29, 1.82) is 0 Å². The van der Waals surface area contributed by atoms with Gasteiger partial charge in [-0.05, 0) is 64.3 Å². The van der Waals surface area contributed by atoms with E-state index in [1.165, 1.54) is 6.07 Å². The number of piperidine rings is 1. The van der Waals surface area contributed by atoms with Crippen LogP contribution in [0.2, 0.25) is 0 Å². The number of fused-ring (bicyclic) bond motifs is 2. The molecule has 0 bridgehead atoms. The van der Waals surface area contributed by atoms with Crippen LogP contribution in [-0.4, -0.2) is 61.8 Å². The monoisotopic (exact) mass is 535 g/mol. The van der Waals surface area contributed by atoms with E-state index in [1.807, 2.05) is 52.1 Å². The van der Waals surface area contributed by atoms with Crippen molar-refractivity contribution in [3.05, 3.63) is 48.0 Å². The molecule has 1 saturated heterocycles. The molecule has 1 fully saturated rings. The second-order valence-corrected chi connectivity index (χ2v) is 10.9. The zero-order chi connectivity index (χ0) is 27.9. The van der Waals surface area contributed by atoms with Gasteiger partial charge in [0.15, 0.2) is 0 Å². The number of carbonyl (C=O) groups excluding carboxylic acids is 2. The van der Waals surface area contributed by atoms with Crippen molar-refractivity contribution in [2.24, 2.45) is 7.05 Å². The number of benzene rings is 2. The van der Waals surface area contributed by atoms with Gasteiger partial charge in [-0.1, -0.05) is 12.1 Å². The molecule has 1 aliphatic heterocycles. The van der Waals surface area contributed by atoms with E-state index in [0.717, 1.165) is 27.5 Å². The van der Waals surface area contributed by atoms with E-state index in [9.17, 15) is 9.59 Å². The molecule has 206 valence electrons. The number of carbonyl (C=O) groups is 2. The van der Waals surface area contributed by atoms with Gasteiger partial charge in [0.2, 0.25) is 0 Å². The zero-order valence-electron chi connectivity index (χ0n) is 23.0. The molecule has 0 radical (unpaired) electrons. The number of aryl methyl sites for hydroxylation is 1. The van der Waals surface area contributed by atoms with Gasteiger partial charge < -0.3 is 14.4 Å². The van der Waals surface area contributed by atoms with Crippen LogP contribution in [0.1, 0.15) is 52.1 Å². The van der Waals surface area contributed by atoms with Crippen LogP contribution < -0.4 is 0 Å². The summed E-state index contributed by atoms with van der Waals surface area (Å²) >= 11 is 0. The van der Waals surface area contributed by atoms with Crippen LogP contribution in [0.15, 0.2) is 36.5 Å². The maximum Gasteiger partial charge on any atom is 0.410 e. The van der Waals surface area contributed by atoms with E-state index in [1.54, 1.807) is 27.4 Å². The molecule has 4 aromatic rings. The van der Waals surface area contributed by atoms with Gasteiger partial charge in [-0.3, -0.25) is 14.2 Å². The number of likely N-dealkylation sites (tertiary alicyclic amines) is 1. The standard InChI is InChI=1S/C29H34FN5O4/c1-6-38-25(36)17-35-23-9-7-8-20(21-15-24-19(14-22(21)30)16-31-33(24)5)26(23)27(32-35)18-10-12-34(13-11-18)28(37)39-29(2,3)4/h7-9,14-16,18H,6,10-13,17H2,1-5H3. The van der Waals surface area contributed by atoms with Crippen LogP contribution in [0.3, 0.4) is 0 Å². The number of amides is 1. The van der Waals surface area contributed by atoms with E-state index < -0.39 is 5.60 Å². The predicted molar refractivity (Wildman–Crippen MR) is 146 cm³/mol. The minimum absolute atomic E-state index is 0.0132. The van der Waals surface area contributed by atoms with Crippen LogP contribution in [0.5, 0.6) is 0 Å². The highest BCUT2D eigenvalue weighted by Gasteiger charge is 2.31. The van der Waals surface area contributed by atoms with Crippen LogP contribution in [0, 0.1) is 5.82 Å².